The van der Waals surface area contributed by atoms with Crippen molar-refractivity contribution in [3.63, 3.8) is 0 Å². The van der Waals surface area contributed by atoms with Gasteiger partial charge in [-0.3, -0.25) is 10.1 Å². The van der Waals surface area contributed by atoms with Gasteiger partial charge in [0.25, 0.3) is 5.69 Å². The molecule has 0 spiro atoms. The van der Waals surface area contributed by atoms with Crippen molar-refractivity contribution in [1.29, 1.82) is 0 Å². The molecule has 0 atom stereocenters. The van der Waals surface area contributed by atoms with Gasteiger partial charge in [0.05, 0.1) is 4.92 Å². The fourth-order valence-electron chi connectivity index (χ4n) is 1.01. The topological polar surface area (TPSA) is 77.3 Å². The number of nitrogens with zero attached hydrogens (tertiary/aromatic N) is 1. The van der Waals surface area contributed by atoms with Crippen LogP contribution < -0.4 is 0 Å². The Balaban J connectivity index is 0.000000500. The summed E-state index contributed by atoms with van der Waals surface area (Å²) in [5, 5.41) is 10.3. The molecular formula is C9H9NO4. The molecule has 0 heterocycles. The quantitative estimate of drug-likeness (QED) is 0.504. The molecule has 0 saturated heterocycles. The van der Waals surface area contributed by atoms with Crippen molar-refractivity contribution in [3.05, 3.63) is 39.4 Å². The van der Waals surface area contributed by atoms with Gasteiger partial charge >= 0.3 is 6.15 Å². The molecule has 0 unspecified atom stereocenters. The minimum Gasteiger partial charge on any atom is -0.258 e. The summed E-state index contributed by atoms with van der Waals surface area (Å²) in [7, 11) is 0. The number of nitro benzene ring substituents is 1. The summed E-state index contributed by atoms with van der Waals surface area (Å²) in [6.45, 7) is 3.65. The Morgan fingerprint density at radius 2 is 1.79 bits per heavy atom. The summed E-state index contributed by atoms with van der Waals surface area (Å²) >= 11 is 0. The molecular weight excluding hydrogens is 186 g/mol. The molecule has 0 N–H and O–H groups in total. The van der Waals surface area contributed by atoms with E-state index in [0.29, 0.717) is 0 Å². The van der Waals surface area contributed by atoms with Gasteiger partial charge in [-0.15, -0.1) is 0 Å². The number of hydrogen-bond acceptors (Lipinski definition) is 4. The summed E-state index contributed by atoms with van der Waals surface area (Å²) in [4.78, 5) is 26.2. The highest BCUT2D eigenvalue weighted by Crippen LogP contribution is 2.17. The second kappa shape index (κ2) is 5.61. The van der Waals surface area contributed by atoms with Gasteiger partial charge in [0.15, 0.2) is 0 Å². The fourth-order valence-corrected chi connectivity index (χ4v) is 1.01. The third-order valence-corrected chi connectivity index (χ3v) is 1.55. The second-order valence-corrected chi connectivity index (χ2v) is 2.63. The molecule has 0 aliphatic carbocycles. The van der Waals surface area contributed by atoms with Crippen LogP contribution >= 0.6 is 0 Å². The Kier molecular flexibility index (Phi) is 4.81. The van der Waals surface area contributed by atoms with Crippen LogP contribution in [0.15, 0.2) is 18.2 Å². The lowest BCUT2D eigenvalue weighted by Crippen LogP contribution is -1.91. The van der Waals surface area contributed by atoms with Crippen LogP contribution in [0.1, 0.15) is 11.1 Å². The van der Waals surface area contributed by atoms with Gasteiger partial charge in [-0.05, 0) is 19.9 Å². The molecule has 5 nitrogen and oxygen atoms in total. The standard InChI is InChI=1S/C8H9NO2.CO2/c1-6-3-4-8(9(10)11)7(2)5-6;2-1-3/h3-5H,1-2H3;. The summed E-state index contributed by atoms with van der Waals surface area (Å²) in [6, 6.07) is 5.08. The van der Waals surface area contributed by atoms with Crippen molar-refractivity contribution in [2.45, 2.75) is 13.8 Å². The van der Waals surface area contributed by atoms with E-state index in [9.17, 15) is 10.1 Å². The lowest BCUT2D eigenvalue weighted by Gasteiger charge is -1.96. The summed E-state index contributed by atoms with van der Waals surface area (Å²) in [6.07, 6.45) is 0.250. The molecule has 74 valence electrons. The molecule has 0 saturated carbocycles. The predicted octanol–water partition coefficient (Wildman–Crippen LogP) is 1.63. The Labute approximate surface area is 80.5 Å². The highest BCUT2D eigenvalue weighted by Gasteiger charge is 2.07. The summed E-state index contributed by atoms with van der Waals surface area (Å²) in [5.74, 6) is 0. The molecule has 14 heavy (non-hydrogen) atoms. The van der Waals surface area contributed by atoms with Crippen LogP contribution in [0.4, 0.5) is 5.69 Å². The van der Waals surface area contributed by atoms with Crippen LogP contribution in [0, 0.1) is 24.0 Å². The average molecular weight is 195 g/mol. The van der Waals surface area contributed by atoms with Gasteiger partial charge < -0.3 is 0 Å². The number of nitro groups is 1. The van der Waals surface area contributed by atoms with E-state index in [1.54, 1.807) is 19.1 Å². The fraction of sp³-hybridized carbons (Fsp3) is 0.222. The first kappa shape index (κ1) is 12.0. The van der Waals surface area contributed by atoms with E-state index < -0.39 is 0 Å². The van der Waals surface area contributed by atoms with E-state index >= 15 is 0 Å². The molecule has 5 heteroatoms. The van der Waals surface area contributed by atoms with E-state index in [2.05, 4.69) is 0 Å². The highest BCUT2D eigenvalue weighted by molar-refractivity contribution is 5.41. The second-order valence-electron chi connectivity index (χ2n) is 2.63. The molecule has 0 aromatic heterocycles. The number of aryl methyl sites for hydroxylation is 2. The molecule has 1 aromatic rings. The van der Waals surface area contributed by atoms with Crippen molar-refractivity contribution in [1.82, 2.24) is 0 Å². The van der Waals surface area contributed by atoms with Crippen LogP contribution in [0.25, 0.3) is 0 Å². The van der Waals surface area contributed by atoms with E-state index in [1.807, 2.05) is 6.92 Å². The van der Waals surface area contributed by atoms with E-state index in [0.717, 1.165) is 11.1 Å². The number of rotatable bonds is 1. The molecule has 0 amide bonds. The van der Waals surface area contributed by atoms with Crippen LogP contribution in [0.5, 0.6) is 0 Å². The maximum atomic E-state index is 10.3. The first-order chi connectivity index (χ1) is 6.52. The van der Waals surface area contributed by atoms with Crippen molar-refractivity contribution < 1.29 is 14.5 Å². The van der Waals surface area contributed by atoms with Gasteiger partial charge in [0.1, 0.15) is 0 Å². The van der Waals surface area contributed by atoms with E-state index in [-0.39, 0.29) is 16.8 Å². The predicted molar refractivity (Wildman–Crippen MR) is 47.6 cm³/mol. The summed E-state index contributed by atoms with van der Waals surface area (Å²) < 4.78 is 0. The van der Waals surface area contributed by atoms with Gasteiger partial charge in [-0.25, -0.2) is 0 Å². The van der Waals surface area contributed by atoms with Crippen LogP contribution in [-0.4, -0.2) is 11.1 Å². The maximum Gasteiger partial charge on any atom is 0.373 e. The lowest BCUT2D eigenvalue weighted by molar-refractivity contribution is -0.385. The normalized spacial score (nSPS) is 8.14. The lowest BCUT2D eigenvalue weighted by atomic mass is 10.1. The zero-order valence-corrected chi connectivity index (χ0v) is 7.81. The minimum absolute atomic E-state index is 0.190. The molecule has 1 rings (SSSR count). The Hall–Kier alpha value is -2.00. The van der Waals surface area contributed by atoms with Crippen LogP contribution in [-0.2, 0) is 9.59 Å². The molecule has 0 bridgehead atoms. The van der Waals surface area contributed by atoms with Gasteiger partial charge in [0, 0.05) is 11.6 Å². The molecule has 0 fully saturated rings. The van der Waals surface area contributed by atoms with Gasteiger partial charge in [0.2, 0.25) is 0 Å². The maximum absolute atomic E-state index is 10.3. The summed E-state index contributed by atoms with van der Waals surface area (Å²) in [5.41, 5.74) is 1.96. The molecule has 1 aromatic carbocycles. The van der Waals surface area contributed by atoms with Crippen molar-refractivity contribution in [3.8, 4) is 0 Å². The van der Waals surface area contributed by atoms with E-state index in [4.69, 9.17) is 9.59 Å². The van der Waals surface area contributed by atoms with Crippen molar-refractivity contribution >= 4 is 11.8 Å². The minimum atomic E-state index is -0.366. The first-order valence-corrected chi connectivity index (χ1v) is 3.74. The SMILES string of the molecule is Cc1ccc([N+](=O)[O-])c(C)c1.O=C=O. The molecule has 0 aliphatic rings. The van der Waals surface area contributed by atoms with Gasteiger partial charge in [-0.1, -0.05) is 11.6 Å². The zero-order valence-electron chi connectivity index (χ0n) is 7.81. The van der Waals surface area contributed by atoms with Gasteiger partial charge in [-0.2, -0.15) is 9.59 Å². The third kappa shape index (κ3) is 3.60. The van der Waals surface area contributed by atoms with Crippen LogP contribution in [0.3, 0.4) is 0 Å². The monoisotopic (exact) mass is 195 g/mol. The smallest absolute Gasteiger partial charge is 0.258 e. The number of benzene rings is 1. The van der Waals surface area contributed by atoms with Crippen molar-refractivity contribution in [2.24, 2.45) is 0 Å². The number of hydrogen-bond donors (Lipinski definition) is 0. The Bertz CT molecular complexity index is 367. The Morgan fingerprint density at radius 3 is 2.14 bits per heavy atom. The first-order valence-electron chi connectivity index (χ1n) is 3.74. The van der Waals surface area contributed by atoms with Crippen LogP contribution in [0.2, 0.25) is 0 Å². The number of carbonyl (C=O) groups excluding carboxylic acids is 2. The van der Waals surface area contributed by atoms with E-state index in [1.165, 1.54) is 6.07 Å². The highest BCUT2D eigenvalue weighted by atomic mass is 16.6. The largest absolute Gasteiger partial charge is 0.373 e. The molecule has 0 radical (unpaired) electrons. The zero-order chi connectivity index (χ0) is 11.1. The average Bonchev–Trinajstić information content (AvgIpc) is 2.04. The molecule has 0 aliphatic heterocycles. The van der Waals surface area contributed by atoms with Crippen molar-refractivity contribution in [2.75, 3.05) is 0 Å². The third-order valence-electron chi connectivity index (χ3n) is 1.55. The Morgan fingerprint density at radius 1 is 1.29 bits per heavy atom.